The number of benzene rings is 2. The number of rotatable bonds is 7. The van der Waals surface area contributed by atoms with E-state index >= 15 is 0 Å². The molecule has 0 saturated heterocycles. The zero-order valence-electron chi connectivity index (χ0n) is 14.6. The van der Waals surface area contributed by atoms with Crippen LogP contribution in [0, 0.1) is 5.82 Å². The molecule has 0 saturated carbocycles. The van der Waals surface area contributed by atoms with Gasteiger partial charge in [0.25, 0.3) is 0 Å². The van der Waals surface area contributed by atoms with Crippen molar-refractivity contribution in [2.75, 3.05) is 11.9 Å². The summed E-state index contributed by atoms with van der Waals surface area (Å²) in [6.07, 6.45) is 1.10. The molecular weight excluding hydrogens is 319 g/mol. The Morgan fingerprint density at radius 2 is 1.76 bits per heavy atom. The smallest absolute Gasteiger partial charge is 0.226 e. The third kappa shape index (κ3) is 5.71. The van der Waals surface area contributed by atoms with Crippen molar-refractivity contribution in [3.63, 3.8) is 0 Å². The molecule has 0 radical (unpaired) electrons. The van der Waals surface area contributed by atoms with Crippen LogP contribution in [0.3, 0.4) is 0 Å². The number of carbonyl (C=O) groups is 2. The summed E-state index contributed by atoms with van der Waals surface area (Å²) in [5, 5.41) is 2.81. The molecule has 0 spiro atoms. The summed E-state index contributed by atoms with van der Waals surface area (Å²) < 4.78 is 13.7. The Kier molecular flexibility index (Phi) is 6.69. The molecular formula is C20H23FN2O2. The van der Waals surface area contributed by atoms with Crippen molar-refractivity contribution in [2.45, 2.75) is 33.2 Å². The maximum atomic E-state index is 13.7. The predicted molar refractivity (Wildman–Crippen MR) is 96.6 cm³/mol. The van der Waals surface area contributed by atoms with Gasteiger partial charge in [0.2, 0.25) is 11.8 Å². The predicted octanol–water partition coefficient (Wildman–Crippen LogP) is 3.77. The molecule has 0 fully saturated rings. The first kappa shape index (κ1) is 18.6. The third-order valence-corrected chi connectivity index (χ3v) is 4.02. The zero-order chi connectivity index (χ0) is 18.2. The van der Waals surface area contributed by atoms with Crippen LogP contribution in [0.2, 0.25) is 0 Å². The molecule has 1 N–H and O–H groups in total. The van der Waals surface area contributed by atoms with Crippen LogP contribution < -0.4 is 5.32 Å². The lowest BCUT2D eigenvalue weighted by atomic mass is 10.1. The van der Waals surface area contributed by atoms with E-state index in [2.05, 4.69) is 12.2 Å². The van der Waals surface area contributed by atoms with E-state index in [-0.39, 0.29) is 37.1 Å². The summed E-state index contributed by atoms with van der Waals surface area (Å²) in [6.45, 7) is 3.88. The number of anilines is 1. The Hall–Kier alpha value is -2.69. The average molecular weight is 342 g/mol. The maximum absolute atomic E-state index is 13.7. The summed E-state index contributed by atoms with van der Waals surface area (Å²) in [5.41, 5.74) is 2.37. The van der Waals surface area contributed by atoms with Crippen LogP contribution >= 0.6 is 0 Å². The maximum Gasteiger partial charge on any atom is 0.226 e. The molecule has 0 aromatic heterocycles. The van der Waals surface area contributed by atoms with E-state index in [4.69, 9.17) is 0 Å². The Morgan fingerprint density at radius 3 is 2.36 bits per heavy atom. The number of hydrogen-bond acceptors (Lipinski definition) is 2. The molecule has 0 aliphatic heterocycles. The molecule has 0 atom stereocenters. The summed E-state index contributed by atoms with van der Waals surface area (Å²) in [5.74, 6) is -0.721. The number of aryl methyl sites for hydroxylation is 1. The quantitative estimate of drug-likeness (QED) is 0.833. The number of nitrogens with zero attached hydrogens (tertiary/aromatic N) is 1. The van der Waals surface area contributed by atoms with E-state index in [0.717, 1.165) is 12.1 Å². The largest absolute Gasteiger partial charge is 0.338 e. The van der Waals surface area contributed by atoms with Crippen LogP contribution in [-0.4, -0.2) is 23.3 Å². The minimum absolute atomic E-state index is 0.153. The molecule has 4 nitrogen and oxygen atoms in total. The van der Waals surface area contributed by atoms with Gasteiger partial charge in [-0.2, -0.15) is 0 Å². The van der Waals surface area contributed by atoms with Crippen LogP contribution in [0.4, 0.5) is 10.1 Å². The van der Waals surface area contributed by atoms with Gasteiger partial charge in [0, 0.05) is 37.7 Å². The molecule has 2 aromatic carbocycles. The molecule has 0 heterocycles. The van der Waals surface area contributed by atoms with Gasteiger partial charge in [-0.15, -0.1) is 0 Å². The van der Waals surface area contributed by atoms with Gasteiger partial charge < -0.3 is 10.2 Å². The topological polar surface area (TPSA) is 49.4 Å². The van der Waals surface area contributed by atoms with Crippen molar-refractivity contribution in [1.29, 1.82) is 0 Å². The highest BCUT2D eigenvalue weighted by Crippen LogP contribution is 2.12. The summed E-state index contributed by atoms with van der Waals surface area (Å²) in [6, 6.07) is 14.0. The van der Waals surface area contributed by atoms with Gasteiger partial charge in [-0.25, -0.2) is 4.39 Å². The van der Waals surface area contributed by atoms with Crippen LogP contribution in [-0.2, 0) is 22.6 Å². The van der Waals surface area contributed by atoms with Crippen LogP contribution in [0.1, 0.15) is 31.4 Å². The molecule has 2 aromatic rings. The van der Waals surface area contributed by atoms with Gasteiger partial charge in [0.05, 0.1) is 0 Å². The SMILES string of the molecule is CCc1ccc(NC(=O)CCN(Cc2ccccc2F)C(C)=O)cc1. The van der Waals surface area contributed by atoms with Gasteiger partial charge in [-0.1, -0.05) is 37.3 Å². The molecule has 0 bridgehead atoms. The van der Waals surface area contributed by atoms with E-state index in [9.17, 15) is 14.0 Å². The van der Waals surface area contributed by atoms with Crippen molar-refractivity contribution in [1.82, 2.24) is 4.90 Å². The summed E-state index contributed by atoms with van der Waals surface area (Å²) in [7, 11) is 0. The average Bonchev–Trinajstić information content (AvgIpc) is 2.60. The minimum Gasteiger partial charge on any atom is -0.338 e. The zero-order valence-corrected chi connectivity index (χ0v) is 14.6. The molecule has 0 aliphatic carbocycles. The highest BCUT2D eigenvalue weighted by atomic mass is 19.1. The van der Waals surface area contributed by atoms with E-state index in [1.807, 2.05) is 24.3 Å². The third-order valence-electron chi connectivity index (χ3n) is 4.02. The summed E-state index contributed by atoms with van der Waals surface area (Å²) in [4.78, 5) is 25.3. The number of halogens is 1. The lowest BCUT2D eigenvalue weighted by Gasteiger charge is -2.21. The van der Waals surface area contributed by atoms with Crippen molar-refractivity contribution >= 4 is 17.5 Å². The molecule has 2 amide bonds. The van der Waals surface area contributed by atoms with E-state index in [1.54, 1.807) is 18.2 Å². The van der Waals surface area contributed by atoms with Crippen molar-refractivity contribution in [3.8, 4) is 0 Å². The fraction of sp³-hybridized carbons (Fsp3) is 0.300. The van der Waals surface area contributed by atoms with E-state index < -0.39 is 0 Å². The van der Waals surface area contributed by atoms with Crippen molar-refractivity contribution in [2.24, 2.45) is 0 Å². The van der Waals surface area contributed by atoms with Crippen LogP contribution in [0.15, 0.2) is 48.5 Å². The molecule has 5 heteroatoms. The van der Waals surface area contributed by atoms with Crippen molar-refractivity contribution < 1.29 is 14.0 Å². The molecule has 0 aliphatic rings. The lowest BCUT2D eigenvalue weighted by Crippen LogP contribution is -2.31. The highest BCUT2D eigenvalue weighted by molar-refractivity contribution is 5.91. The van der Waals surface area contributed by atoms with Gasteiger partial charge in [-0.05, 0) is 30.2 Å². The number of nitrogens with one attached hydrogen (secondary N) is 1. The second kappa shape index (κ2) is 8.97. The van der Waals surface area contributed by atoms with E-state index in [1.165, 1.54) is 23.5 Å². The number of amides is 2. The lowest BCUT2D eigenvalue weighted by molar-refractivity contribution is -0.130. The fourth-order valence-corrected chi connectivity index (χ4v) is 2.46. The van der Waals surface area contributed by atoms with Crippen molar-refractivity contribution in [3.05, 3.63) is 65.5 Å². The first-order valence-corrected chi connectivity index (χ1v) is 8.37. The number of hydrogen-bond donors (Lipinski definition) is 1. The molecule has 132 valence electrons. The first-order chi connectivity index (χ1) is 12.0. The number of carbonyl (C=O) groups excluding carboxylic acids is 2. The molecule has 2 rings (SSSR count). The van der Waals surface area contributed by atoms with Crippen LogP contribution in [0.25, 0.3) is 0 Å². The fourth-order valence-electron chi connectivity index (χ4n) is 2.46. The Morgan fingerprint density at radius 1 is 1.08 bits per heavy atom. The first-order valence-electron chi connectivity index (χ1n) is 8.37. The normalized spacial score (nSPS) is 10.4. The monoisotopic (exact) mass is 342 g/mol. The van der Waals surface area contributed by atoms with Gasteiger partial charge in [0.1, 0.15) is 5.82 Å². The van der Waals surface area contributed by atoms with Crippen LogP contribution in [0.5, 0.6) is 0 Å². The second-order valence-electron chi connectivity index (χ2n) is 5.88. The van der Waals surface area contributed by atoms with Gasteiger partial charge in [-0.3, -0.25) is 9.59 Å². The molecule has 0 unspecified atom stereocenters. The van der Waals surface area contributed by atoms with Gasteiger partial charge >= 0.3 is 0 Å². The summed E-state index contributed by atoms with van der Waals surface area (Å²) >= 11 is 0. The minimum atomic E-state index is -0.353. The second-order valence-corrected chi connectivity index (χ2v) is 5.88. The molecule has 25 heavy (non-hydrogen) atoms. The Balaban J connectivity index is 1.90. The highest BCUT2D eigenvalue weighted by Gasteiger charge is 2.14. The Bertz CT molecular complexity index is 729. The van der Waals surface area contributed by atoms with E-state index in [0.29, 0.717) is 5.56 Å². The standard InChI is InChI=1S/C20H23FN2O2/c1-3-16-8-10-18(11-9-16)22-20(25)12-13-23(15(2)24)14-17-6-4-5-7-19(17)21/h4-11H,3,12-14H2,1-2H3,(H,22,25). The van der Waals surface area contributed by atoms with Gasteiger partial charge in [0.15, 0.2) is 0 Å². The Labute approximate surface area is 147 Å².